The van der Waals surface area contributed by atoms with Gasteiger partial charge in [0.25, 0.3) is 0 Å². The van der Waals surface area contributed by atoms with Crippen LogP contribution in [0.3, 0.4) is 0 Å². The first-order chi connectivity index (χ1) is 10.8. The van der Waals surface area contributed by atoms with Crippen LogP contribution in [0.25, 0.3) is 6.08 Å². The number of ether oxygens (including phenoxy) is 2. The molecule has 0 aliphatic rings. The minimum Gasteiger partial charge on any atom is -0.496 e. The summed E-state index contributed by atoms with van der Waals surface area (Å²) in [5.41, 5.74) is 1.69. The third-order valence-electron chi connectivity index (χ3n) is 3.04. The predicted octanol–water partition coefficient (Wildman–Crippen LogP) is 3.49. The zero-order chi connectivity index (χ0) is 15.8. The predicted molar refractivity (Wildman–Crippen MR) is 83.9 cm³/mol. The average Bonchev–Trinajstić information content (AvgIpc) is 2.59. The summed E-state index contributed by atoms with van der Waals surface area (Å²) in [7, 11) is 1.58. The van der Waals surface area contributed by atoms with Gasteiger partial charge in [-0.3, -0.25) is 4.79 Å². The van der Waals surface area contributed by atoms with Gasteiger partial charge in [0.2, 0.25) is 0 Å². The molecule has 0 aliphatic heterocycles. The van der Waals surface area contributed by atoms with Crippen LogP contribution in [0.5, 0.6) is 11.5 Å². The molecule has 0 aliphatic carbocycles. The lowest BCUT2D eigenvalue weighted by molar-refractivity contribution is 0.112. The molecule has 0 heterocycles. The van der Waals surface area contributed by atoms with Crippen molar-refractivity contribution in [1.82, 2.24) is 0 Å². The number of carbonyl (C=O) groups excluding carboxylic acids is 1. The summed E-state index contributed by atoms with van der Waals surface area (Å²) in [4.78, 5) is 10.9. The number of carbonyl (C=O) groups is 1. The van der Waals surface area contributed by atoms with Crippen molar-refractivity contribution >= 4 is 12.4 Å². The van der Waals surface area contributed by atoms with Crippen LogP contribution >= 0.6 is 0 Å². The van der Waals surface area contributed by atoms with Gasteiger partial charge < -0.3 is 9.47 Å². The second-order valence-electron chi connectivity index (χ2n) is 4.47. The van der Waals surface area contributed by atoms with Crippen LogP contribution in [0.1, 0.15) is 15.9 Å². The Bertz CT molecular complexity index is 729. The largest absolute Gasteiger partial charge is 0.496 e. The van der Waals surface area contributed by atoms with Crippen molar-refractivity contribution < 1.29 is 14.3 Å². The molecule has 4 nitrogen and oxygen atoms in total. The van der Waals surface area contributed by atoms with E-state index in [1.54, 1.807) is 37.5 Å². The standard InChI is InChI=1S/C18H15NO3/c1-21-17-8-4-2-6-15(17)10-14(11-19)13-22-18-9-5-3-7-16(18)12-20/h2-10,12H,13H2,1H3/b14-10+. The van der Waals surface area contributed by atoms with E-state index in [0.717, 1.165) is 11.8 Å². The van der Waals surface area contributed by atoms with Crippen molar-refractivity contribution in [2.24, 2.45) is 0 Å². The zero-order valence-electron chi connectivity index (χ0n) is 12.2. The van der Waals surface area contributed by atoms with Gasteiger partial charge in [0.15, 0.2) is 6.29 Å². The quantitative estimate of drug-likeness (QED) is 0.604. The van der Waals surface area contributed by atoms with E-state index >= 15 is 0 Å². The Morgan fingerprint density at radius 2 is 1.73 bits per heavy atom. The molecule has 0 fully saturated rings. The number of hydrogen-bond donors (Lipinski definition) is 0. The monoisotopic (exact) mass is 293 g/mol. The van der Waals surface area contributed by atoms with Crippen molar-refractivity contribution in [2.45, 2.75) is 0 Å². The van der Waals surface area contributed by atoms with E-state index in [4.69, 9.17) is 9.47 Å². The third-order valence-corrected chi connectivity index (χ3v) is 3.04. The van der Waals surface area contributed by atoms with E-state index in [0.29, 0.717) is 22.6 Å². The Balaban J connectivity index is 2.18. The molecule has 4 heteroatoms. The van der Waals surface area contributed by atoms with Crippen LogP contribution in [0.4, 0.5) is 0 Å². The highest BCUT2D eigenvalue weighted by Crippen LogP contribution is 2.21. The van der Waals surface area contributed by atoms with Gasteiger partial charge in [-0.2, -0.15) is 5.26 Å². The first-order valence-corrected chi connectivity index (χ1v) is 6.69. The van der Waals surface area contributed by atoms with Crippen molar-refractivity contribution in [3.8, 4) is 17.6 Å². The molecule has 0 bridgehead atoms. The Kier molecular flexibility index (Phi) is 5.33. The third kappa shape index (κ3) is 3.74. The second kappa shape index (κ2) is 7.65. The van der Waals surface area contributed by atoms with E-state index in [-0.39, 0.29) is 6.61 Å². The summed E-state index contributed by atoms with van der Waals surface area (Å²) < 4.78 is 10.8. The number of nitriles is 1. The molecule has 0 saturated carbocycles. The molecule has 0 N–H and O–H groups in total. The van der Waals surface area contributed by atoms with Crippen molar-refractivity contribution in [1.29, 1.82) is 5.26 Å². The maximum Gasteiger partial charge on any atom is 0.153 e. The van der Waals surface area contributed by atoms with E-state index in [1.165, 1.54) is 0 Å². The number of para-hydroxylation sites is 2. The molecule has 0 amide bonds. The second-order valence-corrected chi connectivity index (χ2v) is 4.47. The lowest BCUT2D eigenvalue weighted by Crippen LogP contribution is -2.02. The van der Waals surface area contributed by atoms with E-state index in [2.05, 4.69) is 6.07 Å². The number of aldehydes is 1. The van der Waals surface area contributed by atoms with Crippen LogP contribution in [0.15, 0.2) is 54.1 Å². The molecule has 2 aromatic rings. The first kappa shape index (κ1) is 15.3. The molecule has 0 atom stereocenters. The maximum atomic E-state index is 10.9. The van der Waals surface area contributed by atoms with Gasteiger partial charge in [0.05, 0.1) is 24.3 Å². The molecule has 110 valence electrons. The minimum atomic E-state index is 0.0827. The van der Waals surface area contributed by atoms with Gasteiger partial charge in [0.1, 0.15) is 18.1 Å². The van der Waals surface area contributed by atoms with Gasteiger partial charge in [-0.25, -0.2) is 0 Å². The lowest BCUT2D eigenvalue weighted by Gasteiger charge is -2.08. The fourth-order valence-electron chi connectivity index (χ4n) is 1.94. The van der Waals surface area contributed by atoms with Gasteiger partial charge in [-0.05, 0) is 24.3 Å². The summed E-state index contributed by atoms with van der Waals surface area (Å²) in [6, 6.07) is 16.4. The molecule has 0 radical (unpaired) electrons. The molecule has 0 spiro atoms. The highest BCUT2D eigenvalue weighted by atomic mass is 16.5. The molecular formula is C18H15NO3. The smallest absolute Gasteiger partial charge is 0.153 e. The normalized spacial score (nSPS) is 10.6. The van der Waals surface area contributed by atoms with E-state index in [1.807, 2.05) is 24.3 Å². The van der Waals surface area contributed by atoms with E-state index < -0.39 is 0 Å². The van der Waals surface area contributed by atoms with E-state index in [9.17, 15) is 10.1 Å². The fraction of sp³-hybridized carbons (Fsp3) is 0.111. The van der Waals surface area contributed by atoms with Crippen molar-refractivity contribution in [3.63, 3.8) is 0 Å². The van der Waals surface area contributed by atoms with Crippen molar-refractivity contribution in [2.75, 3.05) is 13.7 Å². The Hall–Kier alpha value is -3.06. The van der Waals surface area contributed by atoms with Gasteiger partial charge in [0, 0.05) is 5.56 Å². The van der Waals surface area contributed by atoms with Crippen LogP contribution in [0, 0.1) is 11.3 Å². The average molecular weight is 293 g/mol. The molecule has 2 aromatic carbocycles. The highest BCUT2D eigenvalue weighted by molar-refractivity contribution is 5.79. The van der Waals surface area contributed by atoms with Crippen LogP contribution < -0.4 is 9.47 Å². The Morgan fingerprint density at radius 1 is 1.09 bits per heavy atom. The summed E-state index contributed by atoms with van der Waals surface area (Å²) in [6.45, 7) is 0.0827. The molecule has 0 saturated heterocycles. The summed E-state index contributed by atoms with van der Waals surface area (Å²) in [6.07, 6.45) is 2.44. The fourth-order valence-corrected chi connectivity index (χ4v) is 1.94. The van der Waals surface area contributed by atoms with Gasteiger partial charge in [-0.15, -0.1) is 0 Å². The summed E-state index contributed by atoms with van der Waals surface area (Å²) >= 11 is 0. The molecule has 0 unspecified atom stereocenters. The van der Waals surface area contributed by atoms with Crippen molar-refractivity contribution in [3.05, 3.63) is 65.2 Å². The Labute approximate surface area is 129 Å². The molecule has 0 aromatic heterocycles. The number of methoxy groups -OCH3 is 1. The number of rotatable bonds is 6. The first-order valence-electron chi connectivity index (χ1n) is 6.69. The molecule has 22 heavy (non-hydrogen) atoms. The zero-order valence-corrected chi connectivity index (χ0v) is 12.2. The van der Waals surface area contributed by atoms with Crippen LogP contribution in [-0.4, -0.2) is 20.0 Å². The SMILES string of the molecule is COc1ccccc1/C=C(\C#N)COc1ccccc1C=O. The van der Waals surface area contributed by atoms with Crippen LogP contribution in [0.2, 0.25) is 0 Å². The summed E-state index contributed by atoms with van der Waals surface area (Å²) in [5.74, 6) is 1.14. The molecule has 2 rings (SSSR count). The Morgan fingerprint density at radius 3 is 2.36 bits per heavy atom. The van der Waals surface area contributed by atoms with Crippen LogP contribution in [-0.2, 0) is 0 Å². The molecular weight excluding hydrogens is 278 g/mol. The summed E-state index contributed by atoms with van der Waals surface area (Å²) in [5, 5.41) is 9.25. The number of nitrogens with zero attached hydrogens (tertiary/aromatic N) is 1. The number of benzene rings is 2. The lowest BCUT2D eigenvalue weighted by atomic mass is 10.1. The highest BCUT2D eigenvalue weighted by Gasteiger charge is 2.05. The topological polar surface area (TPSA) is 59.3 Å². The minimum absolute atomic E-state index is 0.0827. The van der Waals surface area contributed by atoms with Gasteiger partial charge in [-0.1, -0.05) is 30.3 Å². The van der Waals surface area contributed by atoms with Gasteiger partial charge >= 0.3 is 0 Å². The maximum absolute atomic E-state index is 10.9. The number of hydrogen-bond acceptors (Lipinski definition) is 4.